The molecule has 1 aliphatic rings. The van der Waals surface area contributed by atoms with Crippen LogP contribution >= 0.6 is 12.4 Å². The van der Waals surface area contributed by atoms with Crippen LogP contribution in [-0.4, -0.2) is 24.7 Å². The van der Waals surface area contributed by atoms with Gasteiger partial charge in [-0.3, -0.25) is 4.72 Å². The van der Waals surface area contributed by atoms with Crippen molar-refractivity contribution in [1.82, 2.24) is 10.1 Å². The zero-order chi connectivity index (χ0) is 18.1. The second kappa shape index (κ2) is 7.81. The van der Waals surface area contributed by atoms with Gasteiger partial charge in [-0.05, 0) is 57.4 Å². The van der Waals surface area contributed by atoms with Crippen LogP contribution in [-0.2, 0) is 21.3 Å². The first-order chi connectivity index (χ1) is 11.8. The molecule has 0 amide bonds. The van der Waals surface area contributed by atoms with Gasteiger partial charge in [0.05, 0.1) is 11.6 Å². The zero-order valence-electron chi connectivity index (χ0n) is 14.6. The molecule has 0 spiro atoms. The van der Waals surface area contributed by atoms with Gasteiger partial charge in [-0.15, -0.1) is 12.4 Å². The van der Waals surface area contributed by atoms with E-state index < -0.39 is 21.3 Å². The Hall–Kier alpha value is -1.84. The Labute approximate surface area is 159 Å². The minimum atomic E-state index is -3.67. The molecule has 0 bridgehead atoms. The number of ether oxygens (including phenoxy) is 1. The fourth-order valence-corrected chi connectivity index (χ4v) is 3.56. The van der Waals surface area contributed by atoms with Gasteiger partial charge < -0.3 is 15.0 Å². The summed E-state index contributed by atoms with van der Waals surface area (Å²) in [4.78, 5) is 4.14. The standard InChI is InChI=1S/C16H22N4O4S.ClH/c1-11(2)23-13-6-4-12(5-7-13)20-25(21,22)10-14-18-15(19-24-14)16(17)8-3-9-16;/h4-7,11,20H,3,8-10,17H2,1-2H3;1H. The van der Waals surface area contributed by atoms with Crippen LogP contribution in [0, 0.1) is 0 Å². The molecule has 0 saturated heterocycles. The minimum Gasteiger partial charge on any atom is -0.491 e. The van der Waals surface area contributed by atoms with E-state index in [0.29, 0.717) is 17.3 Å². The van der Waals surface area contributed by atoms with Crippen molar-refractivity contribution in [2.75, 3.05) is 4.72 Å². The predicted octanol–water partition coefficient (Wildman–Crippen LogP) is 2.56. The highest BCUT2D eigenvalue weighted by molar-refractivity contribution is 7.91. The molecule has 10 heteroatoms. The molecule has 1 heterocycles. The van der Waals surface area contributed by atoms with Gasteiger partial charge in [0.25, 0.3) is 0 Å². The number of hydrogen-bond donors (Lipinski definition) is 2. The molecular weight excluding hydrogens is 380 g/mol. The van der Waals surface area contributed by atoms with Crippen LogP contribution < -0.4 is 15.2 Å². The number of nitrogens with one attached hydrogen (secondary N) is 1. The van der Waals surface area contributed by atoms with Gasteiger partial charge in [0.15, 0.2) is 5.82 Å². The number of sulfonamides is 1. The lowest BCUT2D eigenvalue weighted by Gasteiger charge is -2.34. The summed E-state index contributed by atoms with van der Waals surface area (Å²) in [6.45, 7) is 3.84. The lowest BCUT2D eigenvalue weighted by Crippen LogP contribution is -2.44. The maximum absolute atomic E-state index is 12.3. The monoisotopic (exact) mass is 402 g/mol. The Bertz CT molecular complexity index is 832. The molecule has 1 fully saturated rings. The summed E-state index contributed by atoms with van der Waals surface area (Å²) in [5.41, 5.74) is 5.97. The van der Waals surface area contributed by atoms with Gasteiger partial charge >= 0.3 is 0 Å². The Balaban J connectivity index is 0.00000243. The maximum Gasteiger partial charge on any atom is 0.243 e. The summed E-state index contributed by atoms with van der Waals surface area (Å²) in [7, 11) is -3.67. The average molecular weight is 403 g/mol. The van der Waals surface area contributed by atoms with Gasteiger partial charge in [-0.1, -0.05) is 5.16 Å². The molecule has 1 aromatic heterocycles. The highest BCUT2D eigenvalue weighted by Gasteiger charge is 2.39. The van der Waals surface area contributed by atoms with Crippen molar-refractivity contribution in [3.8, 4) is 5.75 Å². The van der Waals surface area contributed by atoms with Gasteiger partial charge in [-0.25, -0.2) is 8.42 Å². The Morgan fingerprint density at radius 2 is 1.96 bits per heavy atom. The third-order valence-corrected chi connectivity index (χ3v) is 5.15. The Morgan fingerprint density at radius 3 is 2.50 bits per heavy atom. The highest BCUT2D eigenvalue weighted by atomic mass is 35.5. The molecule has 144 valence electrons. The first kappa shape index (κ1) is 20.5. The third-order valence-electron chi connectivity index (χ3n) is 3.97. The van der Waals surface area contributed by atoms with E-state index in [4.69, 9.17) is 15.0 Å². The van der Waals surface area contributed by atoms with Crippen LogP contribution in [0.5, 0.6) is 5.75 Å². The van der Waals surface area contributed by atoms with E-state index in [1.165, 1.54) is 0 Å². The summed E-state index contributed by atoms with van der Waals surface area (Å²) < 4.78 is 37.6. The fraction of sp³-hybridized carbons (Fsp3) is 0.500. The lowest BCUT2D eigenvalue weighted by atomic mass is 9.77. The van der Waals surface area contributed by atoms with Crippen molar-refractivity contribution < 1.29 is 17.7 Å². The normalized spacial score (nSPS) is 15.8. The summed E-state index contributed by atoms with van der Waals surface area (Å²) >= 11 is 0. The number of benzene rings is 1. The zero-order valence-corrected chi connectivity index (χ0v) is 16.3. The average Bonchev–Trinajstić information content (AvgIpc) is 2.94. The van der Waals surface area contributed by atoms with Crippen molar-refractivity contribution in [1.29, 1.82) is 0 Å². The number of nitrogens with zero attached hydrogens (tertiary/aromatic N) is 2. The van der Waals surface area contributed by atoms with Crippen LogP contribution in [0.1, 0.15) is 44.8 Å². The number of rotatable bonds is 7. The number of aromatic nitrogens is 2. The molecule has 0 aliphatic heterocycles. The number of nitrogens with two attached hydrogens (primary N) is 1. The molecule has 2 aromatic rings. The van der Waals surface area contributed by atoms with E-state index in [9.17, 15) is 8.42 Å². The number of anilines is 1. The molecule has 3 N–H and O–H groups in total. The number of hydrogen-bond acceptors (Lipinski definition) is 7. The van der Waals surface area contributed by atoms with Gasteiger partial charge in [0, 0.05) is 5.69 Å². The largest absolute Gasteiger partial charge is 0.491 e. The summed E-state index contributed by atoms with van der Waals surface area (Å²) in [6.07, 6.45) is 2.62. The highest BCUT2D eigenvalue weighted by Crippen LogP contribution is 2.36. The topological polar surface area (TPSA) is 120 Å². The molecule has 1 saturated carbocycles. The van der Waals surface area contributed by atoms with Crippen molar-refractivity contribution in [2.45, 2.75) is 50.5 Å². The molecule has 0 atom stereocenters. The van der Waals surface area contributed by atoms with E-state index in [1.807, 2.05) is 13.8 Å². The first-order valence-corrected chi connectivity index (χ1v) is 9.80. The van der Waals surface area contributed by atoms with Crippen molar-refractivity contribution >= 4 is 28.1 Å². The first-order valence-electron chi connectivity index (χ1n) is 8.15. The van der Waals surface area contributed by atoms with Gasteiger partial charge in [-0.2, -0.15) is 4.98 Å². The van der Waals surface area contributed by atoms with E-state index in [-0.39, 0.29) is 24.4 Å². The van der Waals surface area contributed by atoms with E-state index in [2.05, 4.69) is 14.9 Å². The maximum atomic E-state index is 12.3. The van der Waals surface area contributed by atoms with Crippen LogP contribution in [0.3, 0.4) is 0 Å². The fourth-order valence-electron chi connectivity index (χ4n) is 2.55. The van der Waals surface area contributed by atoms with E-state index in [0.717, 1.165) is 19.3 Å². The molecule has 1 aromatic carbocycles. The molecule has 1 aliphatic carbocycles. The summed E-state index contributed by atoms with van der Waals surface area (Å²) in [6, 6.07) is 6.68. The molecule has 0 unspecified atom stereocenters. The second-order valence-corrected chi connectivity index (χ2v) is 8.30. The smallest absolute Gasteiger partial charge is 0.243 e. The van der Waals surface area contributed by atoms with Crippen LogP contribution in [0.15, 0.2) is 28.8 Å². The second-order valence-electron chi connectivity index (χ2n) is 6.57. The molecule has 8 nitrogen and oxygen atoms in total. The molecule has 3 rings (SSSR count). The quantitative estimate of drug-likeness (QED) is 0.729. The van der Waals surface area contributed by atoms with E-state index in [1.54, 1.807) is 24.3 Å². The predicted molar refractivity (Wildman–Crippen MR) is 99.7 cm³/mol. The summed E-state index contributed by atoms with van der Waals surface area (Å²) in [5, 5.41) is 3.82. The molecule has 0 radical (unpaired) electrons. The van der Waals surface area contributed by atoms with Crippen molar-refractivity contribution in [3.05, 3.63) is 36.0 Å². The lowest BCUT2D eigenvalue weighted by molar-refractivity contribution is 0.229. The third kappa shape index (κ3) is 4.87. The van der Waals surface area contributed by atoms with Crippen LogP contribution in [0.4, 0.5) is 5.69 Å². The molecular formula is C16H23ClN4O4S. The van der Waals surface area contributed by atoms with Crippen molar-refractivity contribution in [3.63, 3.8) is 0 Å². The number of halogens is 1. The molecule has 26 heavy (non-hydrogen) atoms. The van der Waals surface area contributed by atoms with Gasteiger partial charge in [0.2, 0.25) is 15.9 Å². The van der Waals surface area contributed by atoms with Crippen molar-refractivity contribution in [2.24, 2.45) is 5.73 Å². The van der Waals surface area contributed by atoms with Crippen LogP contribution in [0.2, 0.25) is 0 Å². The summed E-state index contributed by atoms with van der Waals surface area (Å²) in [5.74, 6) is 0.673. The Kier molecular flexibility index (Phi) is 6.15. The van der Waals surface area contributed by atoms with Gasteiger partial charge in [0.1, 0.15) is 11.5 Å². The Morgan fingerprint density at radius 1 is 1.31 bits per heavy atom. The van der Waals surface area contributed by atoms with Crippen LogP contribution in [0.25, 0.3) is 0 Å². The minimum absolute atomic E-state index is 0. The SMILES string of the molecule is CC(C)Oc1ccc(NS(=O)(=O)Cc2nc(C3(N)CCC3)no2)cc1.Cl. The van der Waals surface area contributed by atoms with E-state index >= 15 is 0 Å².